The molecule has 1 aliphatic rings. The molecule has 2 heterocycles. The maximum atomic E-state index is 12.9. The SMILES string of the molecule is CC(C)N1C(=O)C(C=Nc2ccc(Cl)cc2Cl)C(=O)N(Cc2ccco2)C1=O. The highest BCUT2D eigenvalue weighted by Gasteiger charge is 2.46. The molecule has 0 saturated carbocycles. The van der Waals surface area contributed by atoms with Crippen LogP contribution in [0.25, 0.3) is 0 Å². The average molecular weight is 422 g/mol. The average Bonchev–Trinajstić information content (AvgIpc) is 3.13. The summed E-state index contributed by atoms with van der Waals surface area (Å²) in [6, 6.07) is 6.86. The maximum Gasteiger partial charge on any atom is 0.334 e. The van der Waals surface area contributed by atoms with Crippen molar-refractivity contribution in [1.82, 2.24) is 9.80 Å². The molecule has 0 spiro atoms. The van der Waals surface area contributed by atoms with E-state index in [0.717, 1.165) is 9.80 Å². The van der Waals surface area contributed by atoms with Crippen LogP contribution >= 0.6 is 23.2 Å². The Bertz CT molecular complexity index is 941. The minimum absolute atomic E-state index is 0.0762. The van der Waals surface area contributed by atoms with Crippen molar-refractivity contribution in [3.63, 3.8) is 0 Å². The Morgan fingerprint density at radius 1 is 1.18 bits per heavy atom. The van der Waals surface area contributed by atoms with Crippen molar-refractivity contribution in [1.29, 1.82) is 0 Å². The highest BCUT2D eigenvalue weighted by Crippen LogP contribution is 2.28. The number of hydrogen-bond donors (Lipinski definition) is 0. The molecule has 2 aromatic rings. The van der Waals surface area contributed by atoms with Gasteiger partial charge in [-0.3, -0.25) is 24.4 Å². The van der Waals surface area contributed by atoms with Crippen molar-refractivity contribution >= 4 is 52.9 Å². The van der Waals surface area contributed by atoms with Crippen LogP contribution in [0.4, 0.5) is 10.5 Å². The second-order valence-corrected chi connectivity index (χ2v) is 7.28. The van der Waals surface area contributed by atoms with Crippen LogP contribution in [0.2, 0.25) is 10.0 Å². The molecule has 1 fully saturated rings. The lowest BCUT2D eigenvalue weighted by Gasteiger charge is -2.37. The Balaban J connectivity index is 1.93. The summed E-state index contributed by atoms with van der Waals surface area (Å²) >= 11 is 12.0. The fourth-order valence-corrected chi connectivity index (χ4v) is 3.25. The summed E-state index contributed by atoms with van der Waals surface area (Å²) in [5, 5.41) is 0.721. The highest BCUT2D eigenvalue weighted by atomic mass is 35.5. The van der Waals surface area contributed by atoms with Crippen molar-refractivity contribution in [3.8, 4) is 0 Å². The van der Waals surface area contributed by atoms with Crippen LogP contribution in [0.5, 0.6) is 0 Å². The Morgan fingerprint density at radius 2 is 1.93 bits per heavy atom. The molecule has 1 aliphatic heterocycles. The van der Waals surface area contributed by atoms with Gasteiger partial charge in [0.1, 0.15) is 5.76 Å². The van der Waals surface area contributed by atoms with Gasteiger partial charge in [0.15, 0.2) is 5.92 Å². The van der Waals surface area contributed by atoms with E-state index in [2.05, 4.69) is 4.99 Å². The van der Waals surface area contributed by atoms with Gasteiger partial charge in [0.05, 0.1) is 23.5 Å². The minimum atomic E-state index is -1.25. The molecule has 1 atom stereocenters. The number of rotatable bonds is 5. The molecule has 0 bridgehead atoms. The molecule has 1 unspecified atom stereocenters. The summed E-state index contributed by atoms with van der Waals surface area (Å²) in [4.78, 5) is 44.6. The first-order valence-electron chi connectivity index (χ1n) is 8.49. The van der Waals surface area contributed by atoms with Gasteiger partial charge in [-0.1, -0.05) is 23.2 Å². The molecule has 0 N–H and O–H groups in total. The predicted octanol–water partition coefficient (Wildman–Crippen LogP) is 4.30. The Morgan fingerprint density at radius 3 is 2.54 bits per heavy atom. The molecule has 0 aliphatic carbocycles. The fourth-order valence-electron chi connectivity index (χ4n) is 2.79. The van der Waals surface area contributed by atoms with Gasteiger partial charge in [-0.25, -0.2) is 4.79 Å². The number of nitrogens with zero attached hydrogens (tertiary/aromatic N) is 3. The molecule has 0 radical (unpaired) electrons. The first-order valence-corrected chi connectivity index (χ1v) is 9.25. The van der Waals surface area contributed by atoms with Crippen LogP contribution in [0.15, 0.2) is 46.0 Å². The molecule has 146 valence electrons. The van der Waals surface area contributed by atoms with Crippen LogP contribution in [-0.4, -0.2) is 39.9 Å². The third-order valence-electron chi connectivity index (χ3n) is 4.16. The van der Waals surface area contributed by atoms with Gasteiger partial charge in [-0.05, 0) is 44.2 Å². The van der Waals surface area contributed by atoms with Gasteiger partial charge in [0.25, 0.3) is 0 Å². The molecule has 3 rings (SSSR count). The first-order chi connectivity index (χ1) is 13.3. The van der Waals surface area contributed by atoms with E-state index in [4.69, 9.17) is 27.6 Å². The van der Waals surface area contributed by atoms with E-state index < -0.39 is 29.8 Å². The number of halogens is 2. The van der Waals surface area contributed by atoms with Gasteiger partial charge >= 0.3 is 6.03 Å². The summed E-state index contributed by atoms with van der Waals surface area (Å²) in [5.41, 5.74) is 0.359. The zero-order chi connectivity index (χ0) is 20.4. The second kappa shape index (κ2) is 8.16. The number of furan rings is 1. The summed E-state index contributed by atoms with van der Waals surface area (Å²) in [7, 11) is 0. The van der Waals surface area contributed by atoms with E-state index >= 15 is 0 Å². The number of benzene rings is 1. The molecular formula is C19H17Cl2N3O4. The van der Waals surface area contributed by atoms with Gasteiger partial charge in [0, 0.05) is 17.3 Å². The van der Waals surface area contributed by atoms with Crippen LogP contribution in [0.1, 0.15) is 19.6 Å². The van der Waals surface area contributed by atoms with E-state index in [1.807, 2.05) is 0 Å². The smallest absolute Gasteiger partial charge is 0.334 e. The fraction of sp³-hybridized carbons (Fsp3) is 0.263. The molecule has 7 nitrogen and oxygen atoms in total. The van der Waals surface area contributed by atoms with Crippen LogP contribution in [0, 0.1) is 5.92 Å². The zero-order valence-corrected chi connectivity index (χ0v) is 16.6. The molecule has 1 saturated heterocycles. The van der Waals surface area contributed by atoms with E-state index in [9.17, 15) is 14.4 Å². The number of amides is 4. The largest absolute Gasteiger partial charge is 0.467 e. The van der Waals surface area contributed by atoms with Crippen molar-refractivity contribution in [3.05, 3.63) is 52.4 Å². The molecule has 4 amide bonds. The lowest BCUT2D eigenvalue weighted by atomic mass is 10.0. The van der Waals surface area contributed by atoms with Crippen molar-refractivity contribution < 1.29 is 18.8 Å². The zero-order valence-electron chi connectivity index (χ0n) is 15.1. The van der Waals surface area contributed by atoms with Gasteiger partial charge in [-0.2, -0.15) is 0 Å². The van der Waals surface area contributed by atoms with Crippen LogP contribution in [-0.2, 0) is 16.1 Å². The summed E-state index contributed by atoms with van der Waals surface area (Å²) in [5.74, 6) is -2.12. The summed E-state index contributed by atoms with van der Waals surface area (Å²) in [6.45, 7) is 3.31. The summed E-state index contributed by atoms with van der Waals surface area (Å²) < 4.78 is 5.23. The van der Waals surface area contributed by atoms with Gasteiger partial charge < -0.3 is 4.42 Å². The predicted molar refractivity (Wildman–Crippen MR) is 105 cm³/mol. The third kappa shape index (κ3) is 3.95. The number of carbonyl (C=O) groups excluding carboxylic acids is 3. The Kier molecular flexibility index (Phi) is 5.86. The van der Waals surface area contributed by atoms with E-state index in [1.54, 1.807) is 38.1 Å². The molecule has 28 heavy (non-hydrogen) atoms. The number of urea groups is 1. The van der Waals surface area contributed by atoms with Crippen molar-refractivity contribution in [2.24, 2.45) is 10.9 Å². The lowest BCUT2D eigenvalue weighted by molar-refractivity contribution is -0.147. The van der Waals surface area contributed by atoms with E-state index in [0.29, 0.717) is 16.5 Å². The number of carbonyl (C=O) groups is 3. The quantitative estimate of drug-likeness (QED) is 0.531. The first kappa shape index (κ1) is 20.1. The Hall–Kier alpha value is -2.64. The monoisotopic (exact) mass is 421 g/mol. The normalized spacial score (nSPS) is 18.0. The van der Waals surface area contributed by atoms with Crippen LogP contribution in [0.3, 0.4) is 0 Å². The van der Waals surface area contributed by atoms with Gasteiger partial charge in [-0.15, -0.1) is 0 Å². The number of hydrogen-bond acceptors (Lipinski definition) is 5. The number of imide groups is 2. The second-order valence-electron chi connectivity index (χ2n) is 6.44. The topological polar surface area (TPSA) is 83.2 Å². The van der Waals surface area contributed by atoms with Crippen LogP contribution < -0.4 is 0 Å². The lowest BCUT2D eigenvalue weighted by Crippen LogP contribution is -2.61. The standard InChI is InChI=1S/C19H17Cl2N3O4/c1-11(2)24-18(26)14(9-22-16-6-5-12(20)8-15(16)21)17(25)23(19(24)27)10-13-4-3-7-28-13/h3-9,11,14H,10H2,1-2H3. The number of barbiturate groups is 1. The van der Waals surface area contributed by atoms with E-state index in [-0.39, 0.29) is 11.6 Å². The van der Waals surface area contributed by atoms with Crippen molar-refractivity contribution in [2.75, 3.05) is 0 Å². The third-order valence-corrected chi connectivity index (χ3v) is 4.69. The maximum absolute atomic E-state index is 12.9. The molecule has 9 heteroatoms. The minimum Gasteiger partial charge on any atom is -0.467 e. The van der Waals surface area contributed by atoms with Crippen molar-refractivity contribution in [2.45, 2.75) is 26.4 Å². The van der Waals surface area contributed by atoms with Gasteiger partial charge in [0.2, 0.25) is 11.8 Å². The summed E-state index contributed by atoms with van der Waals surface area (Å²) in [6.07, 6.45) is 2.65. The Labute approximate surface area is 171 Å². The highest BCUT2D eigenvalue weighted by molar-refractivity contribution is 6.36. The number of aliphatic imine (C=N–C) groups is 1. The molecule has 1 aromatic carbocycles. The molecule has 1 aromatic heterocycles. The molecular weight excluding hydrogens is 405 g/mol. The van der Waals surface area contributed by atoms with E-state index in [1.165, 1.54) is 18.5 Å².